The van der Waals surface area contributed by atoms with Crippen LogP contribution < -0.4 is 5.32 Å². The van der Waals surface area contributed by atoms with Gasteiger partial charge in [-0.3, -0.25) is 0 Å². The first-order chi connectivity index (χ1) is 16.7. The number of benzene rings is 1. The lowest BCUT2D eigenvalue weighted by atomic mass is 9.63. The summed E-state index contributed by atoms with van der Waals surface area (Å²) >= 11 is 7.53. The van der Waals surface area contributed by atoms with Crippen molar-refractivity contribution in [3.8, 4) is 0 Å². The lowest BCUT2D eigenvalue weighted by Gasteiger charge is -2.52. The van der Waals surface area contributed by atoms with E-state index in [4.69, 9.17) is 16.3 Å². The molecule has 2 aliphatic rings. The molecule has 1 aliphatic carbocycles. The molecule has 0 radical (unpaired) electrons. The number of alkyl halides is 3. The van der Waals surface area contributed by atoms with Crippen LogP contribution in [0.25, 0.3) is 0 Å². The molecule has 1 aromatic carbocycles. The molecule has 0 unspecified atom stereocenters. The molecule has 1 aromatic heterocycles. The number of aryl methyl sites for hydroxylation is 1. The quantitative estimate of drug-likeness (QED) is 0.404. The van der Waals surface area contributed by atoms with E-state index in [9.17, 15) is 18.0 Å². The van der Waals surface area contributed by atoms with Crippen molar-refractivity contribution in [1.82, 2.24) is 14.9 Å². The highest BCUT2D eigenvalue weighted by Gasteiger charge is 2.47. The van der Waals surface area contributed by atoms with Crippen LogP contribution in [0.5, 0.6) is 0 Å². The predicted octanol–water partition coefficient (Wildman–Crippen LogP) is 7.47. The Morgan fingerprint density at radius 2 is 1.89 bits per heavy atom. The van der Waals surface area contributed by atoms with Crippen LogP contribution in [0.4, 0.5) is 29.6 Å². The standard InChI is InChI=1S/C25H30ClF3N4O2S/c1-15-11-16(5-6-19(15)31-21-30-14-18(20(26)32-21)25(27,28)29)36-17-12-24(13-17)7-9-33(10-8-24)22(34)35-23(2,3)4/h5-6,11,14,17H,7-10,12-13H2,1-4H3,(H,30,31,32). The Kier molecular flexibility index (Phi) is 7.41. The minimum atomic E-state index is -4.60. The number of nitrogens with zero attached hydrogens (tertiary/aromatic N) is 3. The van der Waals surface area contributed by atoms with Gasteiger partial charge in [0, 0.05) is 35.1 Å². The number of hydrogen-bond donors (Lipinski definition) is 1. The van der Waals surface area contributed by atoms with Gasteiger partial charge in [-0.25, -0.2) is 14.8 Å². The number of anilines is 2. The number of nitrogens with one attached hydrogen (secondary N) is 1. The third-order valence-electron chi connectivity index (χ3n) is 6.59. The van der Waals surface area contributed by atoms with Gasteiger partial charge in [-0.2, -0.15) is 13.2 Å². The molecule has 1 N–H and O–H groups in total. The molecule has 1 saturated carbocycles. The number of likely N-dealkylation sites (tertiary alicyclic amines) is 1. The van der Waals surface area contributed by atoms with Gasteiger partial charge in [-0.15, -0.1) is 11.8 Å². The maximum Gasteiger partial charge on any atom is 0.420 e. The molecule has 1 amide bonds. The fraction of sp³-hybridized carbons (Fsp3) is 0.560. The van der Waals surface area contributed by atoms with Gasteiger partial charge in [-0.1, -0.05) is 11.6 Å². The highest BCUT2D eigenvalue weighted by molar-refractivity contribution is 8.00. The van der Waals surface area contributed by atoms with Crippen molar-refractivity contribution in [1.29, 1.82) is 0 Å². The predicted molar refractivity (Wildman–Crippen MR) is 135 cm³/mol. The van der Waals surface area contributed by atoms with Crippen LogP contribution in [0.15, 0.2) is 29.3 Å². The highest BCUT2D eigenvalue weighted by Crippen LogP contribution is 2.55. The van der Waals surface area contributed by atoms with E-state index in [0.29, 0.717) is 22.5 Å². The molecule has 6 nitrogen and oxygen atoms in total. The van der Waals surface area contributed by atoms with E-state index in [0.717, 1.165) is 49.2 Å². The average Bonchev–Trinajstić information content (AvgIpc) is 2.73. The number of ether oxygens (including phenoxy) is 1. The first-order valence-corrected chi connectivity index (χ1v) is 13.1. The van der Waals surface area contributed by atoms with Crippen molar-refractivity contribution in [2.45, 2.75) is 75.3 Å². The van der Waals surface area contributed by atoms with E-state index >= 15 is 0 Å². The van der Waals surface area contributed by atoms with Crippen LogP contribution >= 0.6 is 23.4 Å². The lowest BCUT2D eigenvalue weighted by Crippen LogP contribution is -2.50. The number of halogens is 4. The second-order valence-corrected chi connectivity index (χ2v) is 12.3. The number of piperidine rings is 1. The zero-order chi connectivity index (χ0) is 26.3. The summed E-state index contributed by atoms with van der Waals surface area (Å²) in [7, 11) is 0. The van der Waals surface area contributed by atoms with Crippen molar-refractivity contribution in [2.75, 3.05) is 18.4 Å². The Morgan fingerprint density at radius 3 is 2.44 bits per heavy atom. The molecule has 0 atom stereocenters. The van der Waals surface area contributed by atoms with E-state index in [1.165, 1.54) is 0 Å². The average molecular weight is 543 g/mol. The number of carbonyl (C=O) groups is 1. The lowest BCUT2D eigenvalue weighted by molar-refractivity contribution is -0.137. The minimum Gasteiger partial charge on any atom is -0.444 e. The van der Waals surface area contributed by atoms with Crippen LogP contribution in [0.3, 0.4) is 0 Å². The van der Waals surface area contributed by atoms with E-state index in [1.807, 2.05) is 56.5 Å². The molecule has 11 heteroatoms. The molecule has 1 spiro atoms. The van der Waals surface area contributed by atoms with Crippen LogP contribution in [-0.4, -0.2) is 44.9 Å². The summed E-state index contributed by atoms with van der Waals surface area (Å²) in [6, 6.07) is 5.91. The highest BCUT2D eigenvalue weighted by atomic mass is 35.5. The number of carbonyl (C=O) groups excluding carboxylic acids is 1. The summed E-state index contributed by atoms with van der Waals surface area (Å²) in [5.74, 6) is 0.00941. The van der Waals surface area contributed by atoms with Gasteiger partial charge in [0.15, 0.2) is 0 Å². The molecule has 4 rings (SSSR count). The molecule has 2 heterocycles. The Morgan fingerprint density at radius 1 is 1.22 bits per heavy atom. The molecule has 2 aromatic rings. The largest absolute Gasteiger partial charge is 0.444 e. The molecule has 1 aliphatic heterocycles. The van der Waals surface area contributed by atoms with E-state index in [-0.39, 0.29) is 12.0 Å². The summed E-state index contributed by atoms with van der Waals surface area (Å²) in [5.41, 5.74) is 0.401. The SMILES string of the molecule is Cc1cc(SC2CC3(CCN(C(=O)OC(C)(C)C)CC3)C2)ccc1Nc1ncc(C(F)(F)F)c(Cl)n1. The van der Waals surface area contributed by atoms with Crippen LogP contribution in [0.2, 0.25) is 5.15 Å². The van der Waals surface area contributed by atoms with Crippen LogP contribution in [-0.2, 0) is 10.9 Å². The number of hydrogen-bond acceptors (Lipinski definition) is 6. The van der Waals surface area contributed by atoms with E-state index in [2.05, 4.69) is 21.4 Å². The maximum absolute atomic E-state index is 12.9. The minimum absolute atomic E-state index is 0.00941. The zero-order valence-corrected chi connectivity index (χ0v) is 22.3. The normalized spacial score (nSPS) is 18.2. The number of thioether (sulfide) groups is 1. The zero-order valence-electron chi connectivity index (χ0n) is 20.7. The summed E-state index contributed by atoms with van der Waals surface area (Å²) < 4.78 is 44.1. The maximum atomic E-state index is 12.9. The first-order valence-electron chi connectivity index (χ1n) is 11.9. The second kappa shape index (κ2) is 9.93. The van der Waals surface area contributed by atoms with Crippen LogP contribution in [0.1, 0.15) is 57.6 Å². The van der Waals surface area contributed by atoms with E-state index < -0.39 is 22.5 Å². The molecular weight excluding hydrogens is 513 g/mol. The van der Waals surface area contributed by atoms with Gasteiger partial charge in [-0.05, 0) is 82.6 Å². The van der Waals surface area contributed by atoms with Crippen molar-refractivity contribution >= 4 is 41.1 Å². The molecule has 36 heavy (non-hydrogen) atoms. The van der Waals surface area contributed by atoms with Crippen LogP contribution in [0, 0.1) is 12.3 Å². The van der Waals surface area contributed by atoms with Crippen molar-refractivity contribution in [3.63, 3.8) is 0 Å². The molecular formula is C25H30ClF3N4O2S. The van der Waals surface area contributed by atoms with Gasteiger partial charge in [0.25, 0.3) is 0 Å². The topological polar surface area (TPSA) is 67.3 Å². The smallest absolute Gasteiger partial charge is 0.420 e. The summed E-state index contributed by atoms with van der Waals surface area (Å²) in [6.45, 7) is 9.04. The van der Waals surface area contributed by atoms with Crippen molar-refractivity contribution in [2.24, 2.45) is 5.41 Å². The fourth-order valence-electron chi connectivity index (χ4n) is 4.66. The second-order valence-electron chi connectivity index (χ2n) is 10.6. The van der Waals surface area contributed by atoms with Gasteiger partial charge < -0.3 is 15.0 Å². The Balaban J connectivity index is 1.28. The monoisotopic (exact) mass is 542 g/mol. The third-order valence-corrected chi connectivity index (χ3v) is 8.07. The number of rotatable bonds is 4. The summed E-state index contributed by atoms with van der Waals surface area (Å²) in [6.07, 6.45) is 0.104. The molecule has 2 fully saturated rings. The van der Waals surface area contributed by atoms with Crippen molar-refractivity contribution < 1.29 is 22.7 Å². The van der Waals surface area contributed by atoms with Gasteiger partial charge in [0.05, 0.1) is 0 Å². The molecule has 1 saturated heterocycles. The van der Waals surface area contributed by atoms with Gasteiger partial charge in [0.1, 0.15) is 16.3 Å². The molecule has 0 bridgehead atoms. The Hall–Kier alpha value is -2.20. The number of amides is 1. The van der Waals surface area contributed by atoms with Gasteiger partial charge in [0.2, 0.25) is 5.95 Å². The Labute approximate surface area is 218 Å². The fourth-order valence-corrected chi connectivity index (χ4v) is 6.55. The van der Waals surface area contributed by atoms with Crippen molar-refractivity contribution in [3.05, 3.63) is 40.7 Å². The Bertz CT molecular complexity index is 1120. The third kappa shape index (κ3) is 6.37. The van der Waals surface area contributed by atoms with Gasteiger partial charge >= 0.3 is 12.3 Å². The first kappa shape index (κ1) is 26.9. The van der Waals surface area contributed by atoms with E-state index in [1.54, 1.807) is 0 Å². The molecule has 196 valence electrons. The summed E-state index contributed by atoms with van der Waals surface area (Å²) in [4.78, 5) is 22.8. The number of aromatic nitrogens is 2. The summed E-state index contributed by atoms with van der Waals surface area (Å²) in [5, 5.41) is 2.83.